The number of benzene rings is 1. The second kappa shape index (κ2) is 7.27. The number of nitrogens with zero attached hydrogens (tertiary/aromatic N) is 1. The molecule has 2 aliphatic heterocycles. The lowest BCUT2D eigenvalue weighted by Crippen LogP contribution is -2.44. The van der Waals surface area contributed by atoms with Crippen molar-refractivity contribution in [2.24, 2.45) is 5.92 Å². The highest BCUT2D eigenvalue weighted by molar-refractivity contribution is 7.87. The minimum Gasteiger partial charge on any atom is -0.309 e. The van der Waals surface area contributed by atoms with Gasteiger partial charge in [-0.2, -0.15) is 17.4 Å². The smallest absolute Gasteiger partial charge is 0.279 e. The summed E-state index contributed by atoms with van der Waals surface area (Å²) < 4.78 is 28.9. The summed E-state index contributed by atoms with van der Waals surface area (Å²) >= 11 is 0. The van der Waals surface area contributed by atoms with E-state index >= 15 is 0 Å². The first kappa shape index (κ1) is 17.7. The highest BCUT2D eigenvalue weighted by Crippen LogP contribution is 2.19. The maximum Gasteiger partial charge on any atom is 0.279 e. The molecule has 0 amide bonds. The SMILES string of the molecule is CC1CCN(S(=O)(=O)NCc2ccc3c(c2)CNC3)CC1.Cl. The fraction of sp³-hybridized carbons (Fsp3) is 0.600. The molecule has 0 spiro atoms. The van der Waals surface area contributed by atoms with Crippen molar-refractivity contribution in [3.63, 3.8) is 0 Å². The molecule has 1 aromatic carbocycles. The van der Waals surface area contributed by atoms with Crippen molar-refractivity contribution < 1.29 is 8.42 Å². The molecular weight excluding hydrogens is 322 g/mol. The Morgan fingerprint density at radius 2 is 1.91 bits per heavy atom. The van der Waals surface area contributed by atoms with Gasteiger partial charge in [-0.05, 0) is 35.4 Å². The third kappa shape index (κ3) is 4.00. The van der Waals surface area contributed by atoms with Crippen molar-refractivity contribution in [3.05, 3.63) is 34.9 Å². The lowest BCUT2D eigenvalue weighted by Gasteiger charge is -2.29. The van der Waals surface area contributed by atoms with Crippen molar-refractivity contribution >= 4 is 22.6 Å². The average Bonchev–Trinajstić information content (AvgIpc) is 2.93. The predicted molar refractivity (Wildman–Crippen MR) is 90.0 cm³/mol. The van der Waals surface area contributed by atoms with Gasteiger partial charge in [0, 0.05) is 32.7 Å². The van der Waals surface area contributed by atoms with Crippen LogP contribution in [0.15, 0.2) is 18.2 Å². The molecular formula is C15H24ClN3O2S. The number of rotatable bonds is 4. The van der Waals surface area contributed by atoms with Crippen molar-refractivity contribution in [1.82, 2.24) is 14.3 Å². The molecule has 2 N–H and O–H groups in total. The lowest BCUT2D eigenvalue weighted by molar-refractivity contribution is 0.285. The standard InChI is InChI=1S/C15H23N3O2S.ClH/c1-12-4-6-18(7-5-12)21(19,20)17-9-13-2-3-14-10-16-11-15(14)8-13;/h2-3,8,12,16-17H,4-7,9-11H2,1H3;1H. The second-order valence-electron chi connectivity index (χ2n) is 6.11. The Labute approximate surface area is 139 Å². The van der Waals surface area contributed by atoms with Crippen LogP contribution in [0.2, 0.25) is 0 Å². The summed E-state index contributed by atoms with van der Waals surface area (Å²) in [5, 5.41) is 3.30. The molecule has 0 bridgehead atoms. The van der Waals surface area contributed by atoms with Gasteiger partial charge in [-0.25, -0.2) is 0 Å². The molecule has 0 radical (unpaired) electrons. The van der Waals surface area contributed by atoms with Crippen LogP contribution in [0.5, 0.6) is 0 Å². The van der Waals surface area contributed by atoms with Crippen LogP contribution in [0.25, 0.3) is 0 Å². The highest BCUT2D eigenvalue weighted by Gasteiger charge is 2.26. The van der Waals surface area contributed by atoms with Crippen LogP contribution in [-0.4, -0.2) is 25.8 Å². The maximum absolute atomic E-state index is 12.3. The second-order valence-corrected chi connectivity index (χ2v) is 7.87. The predicted octanol–water partition coefficient (Wildman–Crippen LogP) is 1.78. The zero-order valence-electron chi connectivity index (χ0n) is 12.8. The maximum atomic E-state index is 12.3. The first-order valence-corrected chi connectivity index (χ1v) is 9.05. The highest BCUT2D eigenvalue weighted by atomic mass is 35.5. The largest absolute Gasteiger partial charge is 0.309 e. The Balaban J connectivity index is 0.00000176. The van der Waals surface area contributed by atoms with E-state index in [1.165, 1.54) is 11.1 Å². The summed E-state index contributed by atoms with van der Waals surface area (Å²) in [6, 6.07) is 6.18. The first-order valence-electron chi connectivity index (χ1n) is 7.61. The molecule has 0 aliphatic carbocycles. The summed E-state index contributed by atoms with van der Waals surface area (Å²) in [5.74, 6) is 0.626. The van der Waals surface area contributed by atoms with Gasteiger partial charge < -0.3 is 5.32 Å². The summed E-state index contributed by atoms with van der Waals surface area (Å²) in [5.41, 5.74) is 3.61. The minimum atomic E-state index is -3.35. The Hall–Kier alpha value is -0.660. The quantitative estimate of drug-likeness (QED) is 0.874. The third-order valence-corrected chi connectivity index (χ3v) is 6.00. The normalized spacial score (nSPS) is 19.7. The van der Waals surface area contributed by atoms with Gasteiger partial charge in [-0.3, -0.25) is 0 Å². The van der Waals surface area contributed by atoms with Crippen LogP contribution in [-0.2, 0) is 29.8 Å². The van der Waals surface area contributed by atoms with E-state index in [1.807, 2.05) is 6.07 Å². The zero-order chi connectivity index (χ0) is 14.9. The fourth-order valence-electron chi connectivity index (χ4n) is 2.95. The van der Waals surface area contributed by atoms with E-state index in [-0.39, 0.29) is 12.4 Å². The van der Waals surface area contributed by atoms with E-state index in [9.17, 15) is 8.42 Å². The topological polar surface area (TPSA) is 61.4 Å². The fourth-order valence-corrected chi connectivity index (χ4v) is 4.17. The van der Waals surface area contributed by atoms with Gasteiger partial charge in [0.05, 0.1) is 0 Å². The van der Waals surface area contributed by atoms with E-state index in [1.54, 1.807) is 4.31 Å². The summed E-state index contributed by atoms with van der Waals surface area (Å²) in [6.45, 7) is 5.58. The van der Waals surface area contributed by atoms with Crippen molar-refractivity contribution in [1.29, 1.82) is 0 Å². The molecule has 2 aliphatic rings. The van der Waals surface area contributed by atoms with Crippen LogP contribution < -0.4 is 10.0 Å². The molecule has 0 saturated carbocycles. The Kier molecular flexibility index (Phi) is 5.85. The summed E-state index contributed by atoms with van der Waals surface area (Å²) in [7, 11) is -3.35. The lowest BCUT2D eigenvalue weighted by atomic mass is 10.0. The van der Waals surface area contributed by atoms with Crippen molar-refractivity contribution in [2.75, 3.05) is 13.1 Å². The van der Waals surface area contributed by atoms with E-state index in [2.05, 4.69) is 29.1 Å². The zero-order valence-corrected chi connectivity index (χ0v) is 14.5. The summed E-state index contributed by atoms with van der Waals surface area (Å²) in [6.07, 6.45) is 1.90. The van der Waals surface area contributed by atoms with E-state index in [0.717, 1.165) is 31.5 Å². The number of nitrogens with one attached hydrogen (secondary N) is 2. The molecule has 2 heterocycles. The number of halogens is 1. The monoisotopic (exact) mass is 345 g/mol. The van der Waals surface area contributed by atoms with Gasteiger partial charge in [-0.1, -0.05) is 25.1 Å². The van der Waals surface area contributed by atoms with Crippen molar-refractivity contribution in [2.45, 2.75) is 39.4 Å². The van der Waals surface area contributed by atoms with Crippen molar-refractivity contribution in [3.8, 4) is 0 Å². The molecule has 7 heteroatoms. The van der Waals surface area contributed by atoms with Crippen LogP contribution in [0, 0.1) is 5.92 Å². The Morgan fingerprint density at radius 3 is 2.64 bits per heavy atom. The molecule has 22 heavy (non-hydrogen) atoms. The molecule has 1 saturated heterocycles. The molecule has 1 aromatic rings. The van der Waals surface area contributed by atoms with Gasteiger partial charge in [-0.15, -0.1) is 12.4 Å². The molecule has 3 rings (SSSR count). The first-order chi connectivity index (χ1) is 10.0. The Morgan fingerprint density at radius 1 is 1.23 bits per heavy atom. The van der Waals surface area contributed by atoms with E-state index < -0.39 is 10.2 Å². The third-order valence-electron chi connectivity index (χ3n) is 4.44. The van der Waals surface area contributed by atoms with Crippen LogP contribution in [0.3, 0.4) is 0 Å². The van der Waals surface area contributed by atoms with Gasteiger partial charge >= 0.3 is 0 Å². The molecule has 1 fully saturated rings. The summed E-state index contributed by atoms with van der Waals surface area (Å²) in [4.78, 5) is 0. The van der Waals surface area contributed by atoms with Crippen LogP contribution >= 0.6 is 12.4 Å². The molecule has 124 valence electrons. The molecule has 0 aromatic heterocycles. The average molecular weight is 346 g/mol. The van der Waals surface area contributed by atoms with Gasteiger partial charge in [0.1, 0.15) is 0 Å². The molecule has 5 nitrogen and oxygen atoms in total. The minimum absolute atomic E-state index is 0. The molecule has 0 atom stereocenters. The number of piperidine rings is 1. The van der Waals surface area contributed by atoms with Gasteiger partial charge in [0.15, 0.2) is 0 Å². The van der Waals surface area contributed by atoms with E-state index in [0.29, 0.717) is 25.6 Å². The number of hydrogen-bond acceptors (Lipinski definition) is 3. The van der Waals surface area contributed by atoms with E-state index in [4.69, 9.17) is 0 Å². The van der Waals surface area contributed by atoms with Crippen LogP contribution in [0.4, 0.5) is 0 Å². The van der Waals surface area contributed by atoms with Gasteiger partial charge in [0.2, 0.25) is 0 Å². The number of hydrogen-bond donors (Lipinski definition) is 2. The van der Waals surface area contributed by atoms with Gasteiger partial charge in [0.25, 0.3) is 10.2 Å². The number of fused-ring (bicyclic) bond motifs is 1. The Bertz CT molecular complexity index is 613. The van der Waals surface area contributed by atoms with Crippen LogP contribution in [0.1, 0.15) is 36.5 Å². The molecule has 0 unspecified atom stereocenters.